The average Bonchev–Trinajstić information content (AvgIpc) is 1.79. The molecule has 0 bridgehead atoms. The van der Waals surface area contributed by atoms with Crippen molar-refractivity contribution in [3.05, 3.63) is 0 Å². The minimum absolute atomic E-state index is 0.102. The van der Waals surface area contributed by atoms with Gasteiger partial charge in [0.1, 0.15) is 0 Å². The highest BCUT2D eigenvalue weighted by Crippen LogP contribution is 2.23. The van der Waals surface area contributed by atoms with Crippen molar-refractivity contribution in [2.45, 2.75) is 27.2 Å². The fourth-order valence-electron chi connectivity index (χ4n) is 1.49. The third-order valence-electron chi connectivity index (χ3n) is 2.32. The van der Waals surface area contributed by atoms with Gasteiger partial charge >= 0.3 is 0 Å². The van der Waals surface area contributed by atoms with Crippen molar-refractivity contribution in [3.63, 3.8) is 0 Å². The van der Waals surface area contributed by atoms with Gasteiger partial charge in [0.15, 0.2) is 0 Å². The van der Waals surface area contributed by atoms with Crippen molar-refractivity contribution in [1.29, 1.82) is 0 Å². The highest BCUT2D eigenvalue weighted by atomic mass is 16.2. The highest BCUT2D eigenvalue weighted by Gasteiger charge is 2.31. The lowest BCUT2D eigenvalue weighted by molar-refractivity contribution is -0.139. The fourth-order valence-corrected chi connectivity index (χ4v) is 1.49. The number of likely N-dealkylation sites (tertiary alicyclic amines) is 1. The zero-order chi connectivity index (χ0) is 10.1. The largest absolute Gasteiger partial charge is 0.342 e. The number of amides is 1. The normalized spacial score (nSPS) is 18.6. The van der Waals surface area contributed by atoms with E-state index in [0.29, 0.717) is 18.9 Å². The molecule has 0 aromatic carbocycles. The summed E-state index contributed by atoms with van der Waals surface area (Å²) < 4.78 is 0. The SMILES string of the molecule is CC(C)(C)CC(=O)N1CC(CN)C1. The van der Waals surface area contributed by atoms with Gasteiger partial charge in [0.2, 0.25) is 5.91 Å². The van der Waals surface area contributed by atoms with Gasteiger partial charge in [-0.2, -0.15) is 0 Å². The molecule has 13 heavy (non-hydrogen) atoms. The quantitative estimate of drug-likeness (QED) is 0.691. The summed E-state index contributed by atoms with van der Waals surface area (Å²) in [6, 6.07) is 0. The Labute approximate surface area is 80.3 Å². The molecule has 76 valence electrons. The minimum atomic E-state index is 0.102. The van der Waals surface area contributed by atoms with Crippen molar-refractivity contribution in [3.8, 4) is 0 Å². The Morgan fingerprint density at radius 1 is 1.46 bits per heavy atom. The van der Waals surface area contributed by atoms with Crippen LogP contribution in [-0.4, -0.2) is 30.4 Å². The van der Waals surface area contributed by atoms with E-state index in [1.165, 1.54) is 0 Å². The Hall–Kier alpha value is -0.570. The number of rotatable bonds is 2. The van der Waals surface area contributed by atoms with Crippen LogP contribution < -0.4 is 5.73 Å². The van der Waals surface area contributed by atoms with Gasteiger partial charge in [-0.1, -0.05) is 20.8 Å². The van der Waals surface area contributed by atoms with Crippen LogP contribution in [0.5, 0.6) is 0 Å². The predicted octanol–water partition coefficient (Wildman–Crippen LogP) is 0.840. The second-order valence-corrected chi connectivity index (χ2v) is 5.14. The molecule has 1 fully saturated rings. The summed E-state index contributed by atoms with van der Waals surface area (Å²) in [6.45, 7) is 8.71. The van der Waals surface area contributed by atoms with Crippen LogP contribution in [0.1, 0.15) is 27.2 Å². The topological polar surface area (TPSA) is 46.3 Å². The van der Waals surface area contributed by atoms with Gasteiger partial charge in [-0.05, 0) is 12.0 Å². The van der Waals surface area contributed by atoms with Gasteiger partial charge in [0.25, 0.3) is 0 Å². The molecule has 1 saturated heterocycles. The van der Waals surface area contributed by atoms with E-state index in [1.807, 2.05) is 4.90 Å². The number of carbonyl (C=O) groups is 1. The Bertz CT molecular complexity index is 190. The molecule has 1 amide bonds. The lowest BCUT2D eigenvalue weighted by Gasteiger charge is -2.39. The van der Waals surface area contributed by atoms with E-state index in [4.69, 9.17) is 5.73 Å². The molecule has 1 heterocycles. The lowest BCUT2D eigenvalue weighted by Crippen LogP contribution is -2.53. The molecule has 3 nitrogen and oxygen atoms in total. The third kappa shape index (κ3) is 2.99. The third-order valence-corrected chi connectivity index (χ3v) is 2.32. The van der Waals surface area contributed by atoms with Crippen LogP contribution in [-0.2, 0) is 4.79 Å². The number of nitrogens with two attached hydrogens (primary N) is 1. The average molecular weight is 184 g/mol. The molecule has 0 aromatic rings. The molecule has 0 radical (unpaired) electrons. The number of hydrogen-bond acceptors (Lipinski definition) is 2. The summed E-state index contributed by atoms with van der Waals surface area (Å²) in [7, 11) is 0. The van der Waals surface area contributed by atoms with E-state index in [1.54, 1.807) is 0 Å². The van der Waals surface area contributed by atoms with Crippen LogP contribution in [0, 0.1) is 11.3 Å². The molecule has 3 heteroatoms. The van der Waals surface area contributed by atoms with E-state index < -0.39 is 0 Å². The Kier molecular flexibility index (Phi) is 2.96. The molecule has 1 rings (SSSR count). The molecule has 0 atom stereocenters. The van der Waals surface area contributed by atoms with Gasteiger partial charge in [-0.3, -0.25) is 4.79 Å². The summed E-state index contributed by atoms with van der Waals surface area (Å²) in [5.41, 5.74) is 5.59. The predicted molar refractivity (Wildman–Crippen MR) is 53.2 cm³/mol. The van der Waals surface area contributed by atoms with E-state index in [9.17, 15) is 4.79 Å². The molecule has 1 aliphatic rings. The molecule has 1 aliphatic heterocycles. The summed E-state index contributed by atoms with van der Waals surface area (Å²) in [6.07, 6.45) is 0.643. The molecular weight excluding hydrogens is 164 g/mol. The maximum atomic E-state index is 11.6. The van der Waals surface area contributed by atoms with Gasteiger partial charge in [-0.25, -0.2) is 0 Å². The smallest absolute Gasteiger partial charge is 0.223 e. The van der Waals surface area contributed by atoms with Crippen LogP contribution in [0.4, 0.5) is 0 Å². The summed E-state index contributed by atoms with van der Waals surface area (Å²) >= 11 is 0. The molecule has 0 aromatic heterocycles. The van der Waals surface area contributed by atoms with Crippen molar-refractivity contribution in [1.82, 2.24) is 4.90 Å². The summed E-state index contributed by atoms with van der Waals surface area (Å²) in [5.74, 6) is 0.820. The van der Waals surface area contributed by atoms with E-state index in [0.717, 1.165) is 13.1 Å². The highest BCUT2D eigenvalue weighted by molar-refractivity contribution is 5.77. The first-order valence-electron chi connectivity index (χ1n) is 4.90. The van der Waals surface area contributed by atoms with Crippen LogP contribution in [0.15, 0.2) is 0 Å². The first kappa shape index (κ1) is 10.5. The molecule has 0 aliphatic carbocycles. The number of carbonyl (C=O) groups excluding carboxylic acids is 1. The first-order chi connectivity index (χ1) is 5.92. The second kappa shape index (κ2) is 3.66. The molecule has 0 saturated carbocycles. The van der Waals surface area contributed by atoms with E-state index in [2.05, 4.69) is 20.8 Å². The lowest BCUT2D eigenvalue weighted by atomic mass is 9.90. The second-order valence-electron chi connectivity index (χ2n) is 5.14. The molecule has 0 spiro atoms. The fraction of sp³-hybridized carbons (Fsp3) is 0.900. The van der Waals surface area contributed by atoms with Crippen LogP contribution in [0.2, 0.25) is 0 Å². The van der Waals surface area contributed by atoms with Gasteiger partial charge in [0, 0.05) is 25.4 Å². The monoisotopic (exact) mass is 184 g/mol. The Balaban J connectivity index is 2.27. The van der Waals surface area contributed by atoms with Crippen LogP contribution >= 0.6 is 0 Å². The molecule has 0 unspecified atom stereocenters. The Morgan fingerprint density at radius 2 is 2.00 bits per heavy atom. The molecular formula is C10H20N2O. The van der Waals surface area contributed by atoms with Crippen LogP contribution in [0.25, 0.3) is 0 Å². The van der Waals surface area contributed by atoms with Crippen molar-refractivity contribution in [2.24, 2.45) is 17.1 Å². The minimum Gasteiger partial charge on any atom is -0.342 e. The zero-order valence-corrected chi connectivity index (χ0v) is 8.84. The molecule has 2 N–H and O–H groups in total. The zero-order valence-electron chi connectivity index (χ0n) is 8.84. The standard InChI is InChI=1S/C10H20N2O/c1-10(2,3)4-9(13)12-6-8(5-11)7-12/h8H,4-7,11H2,1-3H3. The van der Waals surface area contributed by atoms with Gasteiger partial charge in [-0.15, -0.1) is 0 Å². The van der Waals surface area contributed by atoms with Gasteiger partial charge in [0.05, 0.1) is 0 Å². The van der Waals surface area contributed by atoms with E-state index in [-0.39, 0.29) is 11.3 Å². The Morgan fingerprint density at radius 3 is 2.38 bits per heavy atom. The van der Waals surface area contributed by atoms with Gasteiger partial charge < -0.3 is 10.6 Å². The van der Waals surface area contributed by atoms with Crippen LogP contribution in [0.3, 0.4) is 0 Å². The maximum Gasteiger partial charge on any atom is 0.223 e. The van der Waals surface area contributed by atoms with E-state index >= 15 is 0 Å². The number of nitrogens with zero attached hydrogens (tertiary/aromatic N) is 1. The number of hydrogen-bond donors (Lipinski definition) is 1. The maximum absolute atomic E-state index is 11.6. The summed E-state index contributed by atoms with van der Waals surface area (Å²) in [4.78, 5) is 13.5. The first-order valence-corrected chi connectivity index (χ1v) is 4.90. The van der Waals surface area contributed by atoms with Crippen molar-refractivity contribution in [2.75, 3.05) is 19.6 Å². The summed E-state index contributed by atoms with van der Waals surface area (Å²) in [5, 5.41) is 0. The van der Waals surface area contributed by atoms with Crippen molar-refractivity contribution >= 4 is 5.91 Å². The van der Waals surface area contributed by atoms with Crippen molar-refractivity contribution < 1.29 is 4.79 Å².